The molecule has 0 aliphatic carbocycles. The van der Waals surface area contributed by atoms with Gasteiger partial charge in [-0.1, -0.05) is 13.0 Å². The first kappa shape index (κ1) is 15.0. The number of allylic oxidation sites excluding steroid dienone is 5. The Kier molecular flexibility index (Phi) is 7.27. The Morgan fingerprint density at radius 2 is 2.35 bits per heavy atom. The monoisotopic (exact) mass is 238 g/mol. The summed E-state index contributed by atoms with van der Waals surface area (Å²) in [6, 6.07) is 1.95. The van der Waals surface area contributed by atoms with E-state index in [0.717, 1.165) is 6.08 Å². The van der Waals surface area contributed by atoms with E-state index in [-0.39, 0.29) is 18.0 Å². The maximum Gasteiger partial charge on any atom is 0.248 e. The molecule has 0 radical (unpaired) electrons. The Morgan fingerprint density at radius 1 is 1.71 bits per heavy atom. The summed E-state index contributed by atoms with van der Waals surface area (Å²) in [6.45, 7) is 5.11. The SMILES string of the molecule is C=CC(/C=C(F)\C=C(/CC)[N+](=O)[O-])CCC#N. The second-order valence-electron chi connectivity index (χ2n) is 3.39. The van der Waals surface area contributed by atoms with Crippen LogP contribution in [0.5, 0.6) is 0 Å². The number of hydrogen-bond acceptors (Lipinski definition) is 3. The fourth-order valence-electron chi connectivity index (χ4n) is 1.20. The molecule has 0 spiro atoms. The first-order valence-electron chi connectivity index (χ1n) is 5.26. The maximum absolute atomic E-state index is 13.4. The zero-order valence-corrected chi connectivity index (χ0v) is 9.73. The highest BCUT2D eigenvalue weighted by atomic mass is 19.1. The maximum atomic E-state index is 13.4. The normalized spacial score (nSPS) is 13.9. The number of nitrogens with zero attached hydrogens (tertiary/aromatic N) is 2. The molecule has 0 fully saturated rings. The Morgan fingerprint density at radius 3 is 2.76 bits per heavy atom. The van der Waals surface area contributed by atoms with Gasteiger partial charge in [-0.25, -0.2) is 4.39 Å². The van der Waals surface area contributed by atoms with Crippen molar-refractivity contribution in [1.29, 1.82) is 5.26 Å². The van der Waals surface area contributed by atoms with Crippen molar-refractivity contribution in [3.8, 4) is 6.07 Å². The van der Waals surface area contributed by atoms with Crippen LogP contribution in [0.2, 0.25) is 0 Å². The van der Waals surface area contributed by atoms with Gasteiger partial charge in [0, 0.05) is 18.9 Å². The second kappa shape index (κ2) is 8.22. The van der Waals surface area contributed by atoms with E-state index >= 15 is 0 Å². The van der Waals surface area contributed by atoms with Gasteiger partial charge >= 0.3 is 0 Å². The van der Waals surface area contributed by atoms with Crippen molar-refractivity contribution in [2.45, 2.75) is 26.2 Å². The third kappa shape index (κ3) is 6.25. The third-order valence-corrected chi connectivity index (χ3v) is 2.17. The van der Waals surface area contributed by atoms with Crippen LogP contribution in [0.15, 0.2) is 36.3 Å². The highest BCUT2D eigenvalue weighted by molar-refractivity contribution is 5.17. The highest BCUT2D eigenvalue weighted by Gasteiger charge is 2.09. The van der Waals surface area contributed by atoms with Crippen molar-refractivity contribution in [1.82, 2.24) is 0 Å². The van der Waals surface area contributed by atoms with Gasteiger partial charge in [-0.2, -0.15) is 5.26 Å². The zero-order valence-electron chi connectivity index (χ0n) is 9.73. The number of rotatable bonds is 7. The lowest BCUT2D eigenvalue weighted by Gasteiger charge is -2.03. The van der Waals surface area contributed by atoms with E-state index in [1.807, 2.05) is 6.07 Å². The van der Waals surface area contributed by atoms with Crippen LogP contribution < -0.4 is 0 Å². The van der Waals surface area contributed by atoms with Crippen molar-refractivity contribution in [3.05, 3.63) is 46.4 Å². The van der Waals surface area contributed by atoms with Gasteiger partial charge in [-0.3, -0.25) is 10.1 Å². The van der Waals surface area contributed by atoms with Crippen LogP contribution in [0.25, 0.3) is 0 Å². The topological polar surface area (TPSA) is 66.9 Å². The molecule has 0 bridgehead atoms. The lowest BCUT2D eigenvalue weighted by Crippen LogP contribution is -1.98. The Balaban J connectivity index is 4.76. The molecule has 0 aliphatic heterocycles. The molecule has 0 saturated carbocycles. The Labute approximate surface area is 99.9 Å². The summed E-state index contributed by atoms with van der Waals surface area (Å²) in [5, 5.41) is 18.9. The van der Waals surface area contributed by atoms with E-state index < -0.39 is 10.8 Å². The molecule has 1 atom stereocenters. The molecule has 0 heterocycles. The average molecular weight is 238 g/mol. The van der Waals surface area contributed by atoms with Gasteiger partial charge in [-0.15, -0.1) is 6.58 Å². The van der Waals surface area contributed by atoms with Crippen LogP contribution in [0.1, 0.15) is 26.2 Å². The minimum absolute atomic E-state index is 0.158. The quantitative estimate of drug-likeness (QED) is 0.295. The van der Waals surface area contributed by atoms with Gasteiger partial charge in [0.25, 0.3) is 0 Å². The van der Waals surface area contributed by atoms with Crippen LogP contribution >= 0.6 is 0 Å². The summed E-state index contributed by atoms with van der Waals surface area (Å²) in [5.41, 5.74) is -0.179. The Hall–Kier alpha value is -1.96. The van der Waals surface area contributed by atoms with Gasteiger partial charge < -0.3 is 0 Å². The smallest absolute Gasteiger partial charge is 0.248 e. The van der Waals surface area contributed by atoms with Crippen molar-refractivity contribution in [2.24, 2.45) is 5.92 Å². The standard InChI is InChI=1S/C12H15FN2O2/c1-3-10(6-5-7-14)8-11(13)9-12(4-2)15(16)17/h3,8-10H,1,4-6H2,2H3/b11-8+,12-9+. The summed E-state index contributed by atoms with van der Waals surface area (Å²) >= 11 is 0. The fourth-order valence-corrected chi connectivity index (χ4v) is 1.20. The van der Waals surface area contributed by atoms with Gasteiger partial charge in [-0.05, 0) is 18.4 Å². The molecule has 0 aromatic heterocycles. The van der Waals surface area contributed by atoms with Crippen LogP contribution in [0.4, 0.5) is 4.39 Å². The van der Waals surface area contributed by atoms with Crippen LogP contribution in [-0.2, 0) is 0 Å². The summed E-state index contributed by atoms with van der Waals surface area (Å²) in [5.74, 6) is -0.947. The summed E-state index contributed by atoms with van der Waals surface area (Å²) in [4.78, 5) is 9.87. The molecule has 0 aromatic carbocycles. The Bertz CT molecular complexity index is 380. The third-order valence-electron chi connectivity index (χ3n) is 2.17. The van der Waals surface area contributed by atoms with Crippen molar-refractivity contribution < 1.29 is 9.31 Å². The van der Waals surface area contributed by atoms with E-state index in [1.165, 1.54) is 12.2 Å². The lowest BCUT2D eigenvalue weighted by atomic mass is 10.0. The van der Waals surface area contributed by atoms with E-state index in [2.05, 4.69) is 6.58 Å². The van der Waals surface area contributed by atoms with Gasteiger partial charge in [0.1, 0.15) is 5.83 Å². The van der Waals surface area contributed by atoms with Crippen LogP contribution in [0.3, 0.4) is 0 Å². The molecule has 0 saturated heterocycles. The largest absolute Gasteiger partial charge is 0.259 e. The number of nitriles is 1. The molecule has 0 N–H and O–H groups in total. The molecule has 4 nitrogen and oxygen atoms in total. The zero-order chi connectivity index (χ0) is 13.3. The van der Waals surface area contributed by atoms with Crippen molar-refractivity contribution >= 4 is 0 Å². The number of nitro groups is 1. The summed E-state index contributed by atoms with van der Waals surface area (Å²) in [6.07, 6.45) is 4.57. The van der Waals surface area contributed by atoms with E-state index in [0.29, 0.717) is 12.8 Å². The van der Waals surface area contributed by atoms with Crippen LogP contribution in [-0.4, -0.2) is 4.92 Å². The molecule has 0 rings (SSSR count). The van der Waals surface area contributed by atoms with E-state index in [4.69, 9.17) is 5.26 Å². The number of halogens is 1. The van der Waals surface area contributed by atoms with Gasteiger partial charge in [0.2, 0.25) is 5.70 Å². The van der Waals surface area contributed by atoms with Crippen molar-refractivity contribution in [2.75, 3.05) is 0 Å². The van der Waals surface area contributed by atoms with Gasteiger partial charge in [0.05, 0.1) is 11.0 Å². The minimum Gasteiger partial charge on any atom is -0.259 e. The molecule has 0 aromatic rings. The first-order valence-corrected chi connectivity index (χ1v) is 5.26. The summed E-state index contributed by atoms with van der Waals surface area (Å²) in [7, 11) is 0. The predicted molar refractivity (Wildman–Crippen MR) is 63.1 cm³/mol. The number of hydrogen-bond donors (Lipinski definition) is 0. The minimum atomic E-state index is -0.665. The van der Waals surface area contributed by atoms with Crippen LogP contribution in [0, 0.1) is 27.4 Å². The molecule has 1 unspecified atom stereocenters. The lowest BCUT2D eigenvalue weighted by molar-refractivity contribution is -0.427. The predicted octanol–water partition coefficient (Wildman–Crippen LogP) is 3.52. The van der Waals surface area contributed by atoms with Crippen molar-refractivity contribution in [3.63, 3.8) is 0 Å². The molecule has 5 heteroatoms. The molecule has 92 valence electrons. The first-order chi connectivity index (χ1) is 8.04. The highest BCUT2D eigenvalue weighted by Crippen LogP contribution is 2.15. The second-order valence-corrected chi connectivity index (χ2v) is 3.39. The van der Waals surface area contributed by atoms with E-state index in [1.54, 1.807) is 6.92 Å². The molecule has 0 aliphatic rings. The molecular formula is C12H15FN2O2. The molecule has 17 heavy (non-hydrogen) atoms. The molecule has 0 amide bonds. The fraction of sp³-hybridized carbons (Fsp3) is 0.417. The average Bonchev–Trinajstić information content (AvgIpc) is 2.30. The van der Waals surface area contributed by atoms with Gasteiger partial charge in [0.15, 0.2) is 0 Å². The molecular weight excluding hydrogens is 223 g/mol. The summed E-state index contributed by atoms with van der Waals surface area (Å²) < 4.78 is 13.4. The van der Waals surface area contributed by atoms with E-state index in [9.17, 15) is 14.5 Å².